The molecule has 0 heterocycles. The van der Waals surface area contributed by atoms with Gasteiger partial charge < -0.3 is 16.0 Å². The maximum Gasteiger partial charge on any atom is 0.0258 e. The Bertz CT molecular complexity index is 1020. The lowest BCUT2D eigenvalue weighted by Gasteiger charge is -2.46. The Morgan fingerprint density at radius 3 is 2.36 bits per heavy atom. The molecule has 0 amide bonds. The number of hydrogen-bond acceptors (Lipinski definition) is 3. The number of hydrogen-bond donors (Lipinski definition) is 3. The Morgan fingerprint density at radius 2 is 1.55 bits per heavy atom. The summed E-state index contributed by atoms with van der Waals surface area (Å²) < 4.78 is 0. The van der Waals surface area contributed by atoms with Crippen LogP contribution in [0.1, 0.15) is 103 Å². The Hall–Kier alpha value is -1.42. The molecule has 6 aliphatic rings. The fourth-order valence-electron chi connectivity index (χ4n) is 9.97. The van der Waals surface area contributed by atoms with Crippen LogP contribution in [-0.4, -0.2) is 38.8 Å². The van der Waals surface area contributed by atoms with E-state index >= 15 is 0 Å². The summed E-state index contributed by atoms with van der Waals surface area (Å²) in [6, 6.07) is 1.78. The second-order valence-corrected chi connectivity index (χ2v) is 15.0. The molecule has 7 unspecified atom stereocenters. The Kier molecular flexibility index (Phi) is 11.0. The van der Waals surface area contributed by atoms with E-state index in [2.05, 4.69) is 78.7 Å². The SMILES string of the molecule is CNCC1CC=CC([C@@H]2C=CC([C@H]3CCC(C4CC=C[C@H](NC)C4)C(NC4C=C(C5=CCCCC5)CCC4)C3)CC2)C1. The van der Waals surface area contributed by atoms with Gasteiger partial charge in [-0.3, -0.25) is 0 Å². The van der Waals surface area contributed by atoms with Crippen LogP contribution in [0.3, 0.4) is 0 Å². The molecule has 42 heavy (non-hydrogen) atoms. The van der Waals surface area contributed by atoms with E-state index in [0.717, 1.165) is 41.4 Å². The van der Waals surface area contributed by atoms with Gasteiger partial charge >= 0.3 is 0 Å². The fraction of sp³-hybridized carbons (Fsp3) is 0.744. The number of nitrogens with one attached hydrogen (secondary N) is 3. The van der Waals surface area contributed by atoms with E-state index in [1.54, 1.807) is 11.1 Å². The van der Waals surface area contributed by atoms with Crippen LogP contribution in [0.25, 0.3) is 0 Å². The van der Waals surface area contributed by atoms with Crippen molar-refractivity contribution in [3.8, 4) is 0 Å². The third-order valence-corrected chi connectivity index (χ3v) is 12.3. The quantitative estimate of drug-likeness (QED) is 0.244. The normalized spacial score (nSPS) is 40.9. The smallest absolute Gasteiger partial charge is 0.0258 e. The minimum Gasteiger partial charge on any atom is -0.319 e. The van der Waals surface area contributed by atoms with Crippen LogP contribution >= 0.6 is 0 Å². The molecule has 232 valence electrons. The second-order valence-electron chi connectivity index (χ2n) is 15.0. The third-order valence-electron chi connectivity index (χ3n) is 12.3. The van der Waals surface area contributed by atoms with E-state index in [9.17, 15) is 0 Å². The van der Waals surface area contributed by atoms with Gasteiger partial charge in [0.15, 0.2) is 0 Å². The second kappa shape index (κ2) is 15.0. The van der Waals surface area contributed by atoms with Crippen LogP contribution in [0.2, 0.25) is 0 Å². The highest BCUT2D eigenvalue weighted by molar-refractivity contribution is 5.34. The zero-order chi connectivity index (χ0) is 28.7. The van der Waals surface area contributed by atoms with Gasteiger partial charge in [0.05, 0.1) is 0 Å². The molecular formula is C39H61N3. The van der Waals surface area contributed by atoms with Gasteiger partial charge in [0.25, 0.3) is 0 Å². The van der Waals surface area contributed by atoms with Crippen molar-refractivity contribution in [1.82, 2.24) is 16.0 Å². The van der Waals surface area contributed by atoms with Crippen LogP contribution < -0.4 is 16.0 Å². The molecule has 6 rings (SSSR count). The molecule has 0 aliphatic heterocycles. The van der Waals surface area contributed by atoms with Crippen LogP contribution in [0, 0.1) is 41.4 Å². The standard InChI is InChI=1S/C39H61N3/c1-40-27-28-9-6-12-32(23-28)30-17-19-31(20-18-30)34-21-22-38(35-14-8-15-36(25-35)41-2)39(26-34)42-37-16-7-13-33(24-37)29-10-4-3-5-11-29/h6,8,10,12,15,17,19,24,28,30-32,34-42H,3-5,7,9,11,13-14,16,18,20-23,25-27H2,1-2H3/t28?,30-,31?,32?,34+,35?,36+,37?,38?,39?/m1/s1. The summed E-state index contributed by atoms with van der Waals surface area (Å²) in [7, 11) is 4.25. The van der Waals surface area contributed by atoms with Crippen LogP contribution in [0.4, 0.5) is 0 Å². The van der Waals surface area contributed by atoms with Gasteiger partial charge in [0.2, 0.25) is 0 Å². The lowest BCUT2D eigenvalue weighted by atomic mass is 9.64. The molecule has 3 heteroatoms. The molecule has 0 saturated heterocycles. The fourth-order valence-corrected chi connectivity index (χ4v) is 9.97. The Balaban J connectivity index is 1.13. The van der Waals surface area contributed by atoms with Gasteiger partial charge in [0.1, 0.15) is 0 Å². The van der Waals surface area contributed by atoms with E-state index in [1.165, 1.54) is 109 Å². The first-order valence-corrected chi connectivity index (χ1v) is 18.2. The summed E-state index contributed by atoms with van der Waals surface area (Å²) in [5.41, 5.74) is 3.38. The number of likely N-dealkylation sites (N-methyl/N-ethyl adjacent to an activating group) is 1. The van der Waals surface area contributed by atoms with E-state index in [4.69, 9.17) is 0 Å². The molecule has 0 aromatic rings. The molecule has 3 N–H and O–H groups in total. The molecule has 0 aromatic heterocycles. The molecule has 10 atom stereocenters. The molecule has 3 nitrogen and oxygen atoms in total. The lowest BCUT2D eigenvalue weighted by molar-refractivity contribution is 0.107. The van der Waals surface area contributed by atoms with Crippen molar-refractivity contribution in [2.45, 2.75) is 121 Å². The monoisotopic (exact) mass is 571 g/mol. The van der Waals surface area contributed by atoms with E-state index in [0.29, 0.717) is 18.1 Å². The highest BCUT2D eigenvalue weighted by Crippen LogP contribution is 2.45. The first-order valence-electron chi connectivity index (χ1n) is 18.2. The van der Waals surface area contributed by atoms with Gasteiger partial charge in [-0.05, 0) is 176 Å². The van der Waals surface area contributed by atoms with E-state index in [-0.39, 0.29) is 0 Å². The van der Waals surface area contributed by atoms with Crippen molar-refractivity contribution in [2.24, 2.45) is 41.4 Å². The predicted octanol–water partition coefficient (Wildman–Crippen LogP) is 8.28. The first-order chi connectivity index (χ1) is 20.7. The molecule has 0 bridgehead atoms. The maximum atomic E-state index is 4.37. The minimum absolute atomic E-state index is 0.557. The summed E-state index contributed by atoms with van der Waals surface area (Å²) in [6.07, 6.45) is 42.1. The third kappa shape index (κ3) is 7.62. The summed E-state index contributed by atoms with van der Waals surface area (Å²) in [5.74, 6) is 5.59. The summed E-state index contributed by atoms with van der Waals surface area (Å²) in [5, 5.41) is 11.4. The number of allylic oxidation sites excluding steroid dienone is 8. The van der Waals surface area contributed by atoms with Crippen molar-refractivity contribution in [3.63, 3.8) is 0 Å². The Labute approximate surface area is 258 Å². The molecule has 0 spiro atoms. The van der Waals surface area contributed by atoms with Crippen molar-refractivity contribution in [1.29, 1.82) is 0 Å². The maximum absolute atomic E-state index is 4.37. The predicted molar refractivity (Wildman–Crippen MR) is 179 cm³/mol. The van der Waals surface area contributed by atoms with Crippen molar-refractivity contribution in [2.75, 3.05) is 20.6 Å². The molecule has 0 radical (unpaired) electrons. The van der Waals surface area contributed by atoms with Gasteiger partial charge in [0, 0.05) is 18.1 Å². The van der Waals surface area contributed by atoms with Crippen LogP contribution in [0.15, 0.2) is 59.8 Å². The summed E-state index contributed by atoms with van der Waals surface area (Å²) in [6.45, 7) is 1.17. The van der Waals surface area contributed by atoms with Crippen LogP contribution in [-0.2, 0) is 0 Å². The van der Waals surface area contributed by atoms with Crippen molar-refractivity contribution in [3.05, 3.63) is 59.8 Å². The van der Waals surface area contributed by atoms with Gasteiger partial charge in [-0.1, -0.05) is 48.6 Å². The zero-order valence-corrected chi connectivity index (χ0v) is 26.9. The highest BCUT2D eigenvalue weighted by atomic mass is 15.0. The lowest BCUT2D eigenvalue weighted by Crippen LogP contribution is -2.50. The zero-order valence-electron chi connectivity index (χ0n) is 26.9. The largest absolute Gasteiger partial charge is 0.319 e. The van der Waals surface area contributed by atoms with E-state index in [1.807, 2.05) is 0 Å². The molecule has 1 saturated carbocycles. The van der Waals surface area contributed by atoms with Crippen LogP contribution in [0.5, 0.6) is 0 Å². The Morgan fingerprint density at radius 1 is 0.690 bits per heavy atom. The molecule has 1 fully saturated rings. The molecule has 0 aromatic carbocycles. The first kappa shape index (κ1) is 30.6. The average Bonchev–Trinajstić information content (AvgIpc) is 3.06. The summed E-state index contributed by atoms with van der Waals surface area (Å²) >= 11 is 0. The van der Waals surface area contributed by atoms with Gasteiger partial charge in [-0.2, -0.15) is 0 Å². The van der Waals surface area contributed by atoms with Crippen molar-refractivity contribution < 1.29 is 0 Å². The topological polar surface area (TPSA) is 36.1 Å². The summed E-state index contributed by atoms with van der Waals surface area (Å²) in [4.78, 5) is 0. The van der Waals surface area contributed by atoms with Gasteiger partial charge in [-0.25, -0.2) is 0 Å². The van der Waals surface area contributed by atoms with E-state index < -0.39 is 0 Å². The highest BCUT2D eigenvalue weighted by Gasteiger charge is 2.40. The number of rotatable bonds is 9. The minimum atomic E-state index is 0.557. The molecular weight excluding hydrogens is 510 g/mol. The van der Waals surface area contributed by atoms with Crippen molar-refractivity contribution >= 4 is 0 Å². The molecule has 6 aliphatic carbocycles. The van der Waals surface area contributed by atoms with Gasteiger partial charge in [-0.15, -0.1) is 0 Å². The average molecular weight is 572 g/mol.